The van der Waals surface area contributed by atoms with Crippen molar-refractivity contribution in [3.05, 3.63) is 65.6 Å². The van der Waals surface area contributed by atoms with Crippen LogP contribution in [0.3, 0.4) is 0 Å². The molecule has 0 saturated carbocycles. The van der Waals surface area contributed by atoms with E-state index in [0.29, 0.717) is 11.3 Å². The number of carbonyl (C=O) groups is 1. The molecule has 3 aromatic rings. The van der Waals surface area contributed by atoms with E-state index in [-0.39, 0.29) is 29.5 Å². The van der Waals surface area contributed by atoms with Gasteiger partial charge in [0.05, 0.1) is 12.1 Å². The fourth-order valence-electron chi connectivity index (χ4n) is 3.71. The number of aliphatic hydroxyl groups excluding tert-OH is 1. The molecule has 8 nitrogen and oxygen atoms in total. The number of aliphatic hydroxyl groups is 1. The van der Waals surface area contributed by atoms with Crippen molar-refractivity contribution in [3.8, 4) is 11.1 Å². The first-order valence-corrected chi connectivity index (χ1v) is 10.4. The van der Waals surface area contributed by atoms with Gasteiger partial charge in [-0.3, -0.25) is 9.88 Å². The lowest BCUT2D eigenvalue weighted by molar-refractivity contribution is 0.142. The van der Waals surface area contributed by atoms with Gasteiger partial charge in [-0.05, 0) is 56.7 Å². The Hall–Kier alpha value is -3.66. The van der Waals surface area contributed by atoms with Crippen molar-refractivity contribution in [2.45, 2.75) is 39.0 Å². The molecule has 0 bridgehead atoms. The number of nitrogens with one attached hydrogen (secondary N) is 1. The lowest BCUT2D eigenvalue weighted by Gasteiger charge is -2.23. The van der Waals surface area contributed by atoms with Gasteiger partial charge in [0, 0.05) is 29.2 Å². The van der Waals surface area contributed by atoms with Crippen LogP contribution in [0, 0.1) is 18.6 Å². The van der Waals surface area contributed by atoms with E-state index in [0.717, 1.165) is 12.1 Å². The number of aryl methyl sites for hydroxylation is 1. The minimum atomic E-state index is -0.832. The first-order valence-electron chi connectivity index (χ1n) is 10.4. The van der Waals surface area contributed by atoms with Gasteiger partial charge in [0.1, 0.15) is 30.1 Å². The van der Waals surface area contributed by atoms with E-state index in [2.05, 4.69) is 20.3 Å². The van der Waals surface area contributed by atoms with Crippen molar-refractivity contribution in [2.24, 2.45) is 0 Å². The Kier molecular flexibility index (Phi) is 6.19. The monoisotopic (exact) mass is 455 g/mol. The first-order chi connectivity index (χ1) is 15.7. The summed E-state index contributed by atoms with van der Waals surface area (Å²) in [5.74, 6) is -0.824. The number of rotatable bonds is 6. The summed E-state index contributed by atoms with van der Waals surface area (Å²) in [6.45, 7) is 5.01. The van der Waals surface area contributed by atoms with Gasteiger partial charge in [0.15, 0.2) is 0 Å². The van der Waals surface area contributed by atoms with Crippen LogP contribution in [0.25, 0.3) is 11.1 Å². The molecule has 4 rings (SSSR count). The van der Waals surface area contributed by atoms with Gasteiger partial charge in [0.2, 0.25) is 5.95 Å². The number of aromatic nitrogens is 3. The Morgan fingerprint density at radius 1 is 1.15 bits per heavy atom. The van der Waals surface area contributed by atoms with Crippen molar-refractivity contribution < 1.29 is 23.4 Å². The number of cyclic esters (lactones) is 1. The average molecular weight is 455 g/mol. The molecule has 3 heterocycles. The molecule has 1 saturated heterocycles. The highest BCUT2D eigenvalue weighted by Gasteiger charge is 2.38. The maximum Gasteiger partial charge on any atom is 0.416 e. The lowest BCUT2D eigenvalue weighted by atomic mass is 10.00. The van der Waals surface area contributed by atoms with E-state index in [9.17, 15) is 18.7 Å². The van der Waals surface area contributed by atoms with Crippen LogP contribution in [0.4, 0.5) is 25.3 Å². The summed E-state index contributed by atoms with van der Waals surface area (Å²) in [5, 5.41) is 12.9. The number of nitrogens with zero attached hydrogens (tertiary/aromatic N) is 4. The summed E-state index contributed by atoms with van der Waals surface area (Å²) < 4.78 is 34.8. The van der Waals surface area contributed by atoms with Crippen LogP contribution < -0.4 is 10.2 Å². The zero-order valence-corrected chi connectivity index (χ0v) is 18.3. The maximum absolute atomic E-state index is 14.9. The number of pyridine rings is 1. The molecule has 0 radical (unpaired) electrons. The van der Waals surface area contributed by atoms with Crippen LogP contribution in [0.15, 0.2) is 42.7 Å². The molecule has 1 aromatic carbocycles. The highest BCUT2D eigenvalue weighted by atomic mass is 19.1. The van der Waals surface area contributed by atoms with Crippen molar-refractivity contribution in [3.63, 3.8) is 0 Å². The van der Waals surface area contributed by atoms with Crippen molar-refractivity contribution >= 4 is 17.9 Å². The SMILES string of the molecule is Cc1cc(-c2cc(F)c([C@H](C)Nc3nccc(N4C(=O)OC[C@@H]4C(C)O)n3)cc2F)ccn1. The quantitative estimate of drug-likeness (QED) is 0.579. The molecule has 1 amide bonds. The summed E-state index contributed by atoms with van der Waals surface area (Å²) >= 11 is 0. The third kappa shape index (κ3) is 4.61. The molecule has 2 N–H and O–H groups in total. The number of hydrogen-bond acceptors (Lipinski definition) is 7. The van der Waals surface area contributed by atoms with Gasteiger partial charge in [-0.25, -0.2) is 18.6 Å². The number of benzene rings is 1. The van der Waals surface area contributed by atoms with Crippen LogP contribution in [0.1, 0.15) is 31.1 Å². The second kappa shape index (κ2) is 9.07. The number of hydrogen-bond donors (Lipinski definition) is 2. The Balaban J connectivity index is 1.58. The van der Waals surface area contributed by atoms with E-state index in [1.165, 1.54) is 17.2 Å². The number of halogens is 2. The minimum Gasteiger partial charge on any atom is -0.447 e. The van der Waals surface area contributed by atoms with Gasteiger partial charge in [-0.2, -0.15) is 4.98 Å². The number of ether oxygens (including phenoxy) is 1. The second-order valence-electron chi connectivity index (χ2n) is 7.90. The normalized spacial score (nSPS) is 17.6. The molecular formula is C23H23F2N5O3. The molecule has 1 fully saturated rings. The van der Waals surface area contributed by atoms with Crippen LogP contribution in [0.5, 0.6) is 0 Å². The lowest BCUT2D eigenvalue weighted by Crippen LogP contribution is -2.41. The van der Waals surface area contributed by atoms with Crippen LogP contribution >= 0.6 is 0 Å². The summed E-state index contributed by atoms with van der Waals surface area (Å²) in [4.78, 5) is 25.8. The molecule has 33 heavy (non-hydrogen) atoms. The highest BCUT2D eigenvalue weighted by Crippen LogP contribution is 2.30. The number of carbonyl (C=O) groups excluding carboxylic acids is 1. The van der Waals surface area contributed by atoms with E-state index >= 15 is 0 Å². The fourth-order valence-corrected chi connectivity index (χ4v) is 3.71. The maximum atomic E-state index is 14.9. The first kappa shape index (κ1) is 22.5. The Labute approximate surface area is 189 Å². The van der Waals surface area contributed by atoms with E-state index in [1.54, 1.807) is 39.1 Å². The molecule has 1 aliphatic heterocycles. The average Bonchev–Trinajstić information content (AvgIpc) is 3.17. The molecular weight excluding hydrogens is 432 g/mol. The Morgan fingerprint density at radius 2 is 1.91 bits per heavy atom. The van der Waals surface area contributed by atoms with Crippen molar-refractivity contribution in [1.29, 1.82) is 0 Å². The zero-order chi connectivity index (χ0) is 23.7. The largest absolute Gasteiger partial charge is 0.447 e. The topological polar surface area (TPSA) is 100 Å². The van der Waals surface area contributed by atoms with Crippen molar-refractivity contribution in [1.82, 2.24) is 15.0 Å². The summed E-state index contributed by atoms with van der Waals surface area (Å²) in [5.41, 5.74) is 1.47. The molecule has 1 unspecified atom stereocenters. The van der Waals surface area contributed by atoms with Gasteiger partial charge in [-0.1, -0.05) is 0 Å². The van der Waals surface area contributed by atoms with Crippen LogP contribution in [-0.2, 0) is 4.74 Å². The molecule has 1 aliphatic rings. The molecule has 10 heteroatoms. The zero-order valence-electron chi connectivity index (χ0n) is 18.3. The van der Waals surface area contributed by atoms with E-state index in [1.807, 2.05) is 0 Å². The summed E-state index contributed by atoms with van der Waals surface area (Å²) in [6.07, 6.45) is 1.51. The molecule has 2 aromatic heterocycles. The third-order valence-corrected chi connectivity index (χ3v) is 5.46. The molecule has 3 atom stereocenters. The third-order valence-electron chi connectivity index (χ3n) is 5.46. The Bertz CT molecular complexity index is 1190. The van der Waals surface area contributed by atoms with Gasteiger partial charge in [-0.15, -0.1) is 0 Å². The van der Waals surface area contributed by atoms with Gasteiger partial charge in [0.25, 0.3) is 0 Å². The predicted molar refractivity (Wildman–Crippen MR) is 118 cm³/mol. The minimum absolute atomic E-state index is 0.0352. The van der Waals surface area contributed by atoms with Crippen LogP contribution in [-0.4, -0.2) is 44.9 Å². The van der Waals surface area contributed by atoms with Crippen LogP contribution in [0.2, 0.25) is 0 Å². The standard InChI is InChI=1S/C23H23F2N5O3/c1-12-8-15(4-6-26-12)17-10-18(24)16(9-19(17)25)13(2)28-22-27-7-5-21(29-22)30-20(14(3)31)11-33-23(30)32/h4-10,13-14,20,31H,11H2,1-3H3,(H,27,28,29)/t13-,14?,20+/m0/s1. The molecule has 172 valence electrons. The van der Waals surface area contributed by atoms with Crippen molar-refractivity contribution in [2.75, 3.05) is 16.8 Å². The second-order valence-corrected chi connectivity index (χ2v) is 7.90. The predicted octanol–water partition coefficient (Wildman–Crippen LogP) is 4.00. The van der Waals surface area contributed by atoms with E-state index < -0.39 is 35.9 Å². The summed E-state index contributed by atoms with van der Waals surface area (Å²) in [6, 6.07) is 5.84. The molecule has 0 aliphatic carbocycles. The summed E-state index contributed by atoms with van der Waals surface area (Å²) in [7, 11) is 0. The highest BCUT2D eigenvalue weighted by molar-refractivity contribution is 5.89. The Morgan fingerprint density at radius 3 is 2.64 bits per heavy atom. The fraction of sp³-hybridized carbons (Fsp3) is 0.304. The van der Waals surface area contributed by atoms with Gasteiger partial charge >= 0.3 is 6.09 Å². The van der Waals surface area contributed by atoms with E-state index in [4.69, 9.17) is 4.74 Å². The number of anilines is 2. The number of amides is 1. The van der Waals surface area contributed by atoms with Gasteiger partial charge < -0.3 is 15.2 Å². The molecule has 0 spiro atoms. The smallest absolute Gasteiger partial charge is 0.416 e.